The molecular formula is C21H18ClN5O2. The molecule has 2 aromatic heterocycles. The van der Waals surface area contributed by atoms with Gasteiger partial charge in [0.1, 0.15) is 11.8 Å². The van der Waals surface area contributed by atoms with Gasteiger partial charge in [0.05, 0.1) is 17.2 Å². The third-order valence-corrected chi connectivity index (χ3v) is 5.22. The third-order valence-electron chi connectivity index (χ3n) is 5.02. The summed E-state index contributed by atoms with van der Waals surface area (Å²) in [7, 11) is 0. The molecule has 146 valence electrons. The minimum atomic E-state index is -0.248. The van der Waals surface area contributed by atoms with Crippen LogP contribution in [-0.2, 0) is 0 Å². The SMILES string of the molecule is N#Cc1ccc(OC2CCC(NC(=O)c3ccc(Cl)nn3)CC2)c2cccnc12. The van der Waals surface area contributed by atoms with E-state index in [0.717, 1.165) is 36.8 Å². The van der Waals surface area contributed by atoms with E-state index in [2.05, 4.69) is 26.6 Å². The summed E-state index contributed by atoms with van der Waals surface area (Å²) in [6.07, 6.45) is 4.98. The Morgan fingerprint density at radius 1 is 1.14 bits per heavy atom. The summed E-state index contributed by atoms with van der Waals surface area (Å²) in [6, 6.07) is 12.7. The van der Waals surface area contributed by atoms with Crippen molar-refractivity contribution in [1.82, 2.24) is 20.5 Å². The number of hydrogen-bond acceptors (Lipinski definition) is 6. The molecule has 1 fully saturated rings. The molecule has 3 aromatic rings. The van der Waals surface area contributed by atoms with Gasteiger partial charge < -0.3 is 10.1 Å². The lowest BCUT2D eigenvalue weighted by Crippen LogP contribution is -2.40. The van der Waals surface area contributed by atoms with Gasteiger partial charge >= 0.3 is 0 Å². The lowest BCUT2D eigenvalue weighted by Gasteiger charge is -2.29. The Labute approximate surface area is 172 Å². The molecule has 1 saturated carbocycles. The molecule has 0 radical (unpaired) electrons. The average Bonchev–Trinajstić information content (AvgIpc) is 2.76. The van der Waals surface area contributed by atoms with Crippen LogP contribution in [0.2, 0.25) is 5.15 Å². The number of carbonyl (C=O) groups excluding carboxylic acids is 1. The highest BCUT2D eigenvalue weighted by Crippen LogP contribution is 2.30. The molecule has 0 saturated heterocycles. The van der Waals surface area contributed by atoms with Gasteiger partial charge in [-0.1, -0.05) is 11.6 Å². The first kappa shape index (κ1) is 19.1. The van der Waals surface area contributed by atoms with Crippen molar-refractivity contribution >= 4 is 28.4 Å². The molecule has 0 spiro atoms. The second-order valence-corrected chi connectivity index (χ2v) is 7.32. The number of nitrogens with one attached hydrogen (secondary N) is 1. The lowest BCUT2D eigenvalue weighted by molar-refractivity contribution is 0.0889. The van der Waals surface area contributed by atoms with E-state index in [0.29, 0.717) is 11.1 Å². The number of amides is 1. The number of benzene rings is 1. The number of aromatic nitrogens is 3. The van der Waals surface area contributed by atoms with E-state index in [-0.39, 0.29) is 28.9 Å². The molecule has 4 rings (SSSR count). The fraction of sp³-hybridized carbons (Fsp3) is 0.286. The Balaban J connectivity index is 1.37. The first-order valence-corrected chi connectivity index (χ1v) is 9.76. The molecule has 7 nitrogen and oxygen atoms in total. The Hall–Kier alpha value is -3.24. The van der Waals surface area contributed by atoms with Gasteiger partial charge in [0, 0.05) is 17.6 Å². The summed E-state index contributed by atoms with van der Waals surface area (Å²) >= 11 is 5.71. The second kappa shape index (κ2) is 8.41. The van der Waals surface area contributed by atoms with Gasteiger partial charge in [0.25, 0.3) is 5.91 Å². The Kier molecular flexibility index (Phi) is 5.54. The van der Waals surface area contributed by atoms with Crippen LogP contribution in [0.4, 0.5) is 0 Å². The third kappa shape index (κ3) is 4.28. The monoisotopic (exact) mass is 407 g/mol. The van der Waals surface area contributed by atoms with Gasteiger partial charge in [-0.05, 0) is 62.1 Å². The molecule has 1 aromatic carbocycles. The van der Waals surface area contributed by atoms with Crippen molar-refractivity contribution in [2.75, 3.05) is 0 Å². The van der Waals surface area contributed by atoms with Crippen LogP contribution in [0.25, 0.3) is 10.9 Å². The minimum absolute atomic E-state index is 0.0508. The molecule has 0 unspecified atom stereocenters. The van der Waals surface area contributed by atoms with Crippen molar-refractivity contribution in [3.8, 4) is 11.8 Å². The van der Waals surface area contributed by atoms with Gasteiger partial charge in [-0.15, -0.1) is 10.2 Å². The van der Waals surface area contributed by atoms with Gasteiger partial charge in [0.15, 0.2) is 10.8 Å². The van der Waals surface area contributed by atoms with Gasteiger partial charge in [-0.25, -0.2) is 0 Å². The van der Waals surface area contributed by atoms with E-state index in [1.165, 1.54) is 0 Å². The van der Waals surface area contributed by atoms with Crippen LogP contribution in [0.1, 0.15) is 41.7 Å². The fourth-order valence-corrected chi connectivity index (χ4v) is 3.64. The van der Waals surface area contributed by atoms with Crippen LogP contribution < -0.4 is 10.1 Å². The number of nitrogens with zero attached hydrogens (tertiary/aromatic N) is 4. The first-order chi connectivity index (χ1) is 14.1. The summed E-state index contributed by atoms with van der Waals surface area (Å²) in [5.41, 5.74) is 1.44. The first-order valence-electron chi connectivity index (χ1n) is 9.38. The molecular weight excluding hydrogens is 390 g/mol. The van der Waals surface area contributed by atoms with E-state index < -0.39 is 0 Å². The van der Waals surface area contributed by atoms with Crippen molar-refractivity contribution < 1.29 is 9.53 Å². The average molecular weight is 408 g/mol. The molecule has 0 atom stereocenters. The lowest BCUT2D eigenvalue weighted by atomic mass is 9.92. The molecule has 8 heteroatoms. The summed E-state index contributed by atoms with van der Waals surface area (Å²) < 4.78 is 6.22. The van der Waals surface area contributed by atoms with Crippen LogP contribution in [0.3, 0.4) is 0 Å². The summed E-state index contributed by atoms with van der Waals surface area (Å²) in [5, 5.41) is 20.9. The fourth-order valence-electron chi connectivity index (χ4n) is 3.54. The number of carbonyl (C=O) groups is 1. The van der Waals surface area contributed by atoms with E-state index >= 15 is 0 Å². The molecule has 1 aliphatic rings. The van der Waals surface area contributed by atoms with Crippen molar-refractivity contribution in [2.45, 2.75) is 37.8 Å². The van der Waals surface area contributed by atoms with E-state index in [9.17, 15) is 10.1 Å². The zero-order valence-electron chi connectivity index (χ0n) is 15.5. The molecule has 1 N–H and O–H groups in total. The largest absolute Gasteiger partial charge is 0.490 e. The molecule has 2 heterocycles. The standard InChI is InChI=1S/C21H18ClN5O2/c22-19-10-8-17(26-27-19)21(28)25-14-4-6-15(7-5-14)29-18-9-3-13(12-23)20-16(18)2-1-11-24-20/h1-3,8-11,14-15H,4-7H2,(H,25,28). The molecule has 0 aliphatic heterocycles. The number of rotatable bonds is 4. The maximum absolute atomic E-state index is 12.3. The van der Waals surface area contributed by atoms with Gasteiger partial charge in [0.2, 0.25) is 0 Å². The number of halogens is 1. The predicted molar refractivity (Wildman–Crippen MR) is 108 cm³/mol. The van der Waals surface area contributed by atoms with Crippen LogP contribution in [0.15, 0.2) is 42.6 Å². The smallest absolute Gasteiger partial charge is 0.272 e. The Bertz CT molecular complexity index is 1070. The highest BCUT2D eigenvalue weighted by Gasteiger charge is 2.25. The number of pyridine rings is 1. The quantitative estimate of drug-likeness (QED) is 0.708. The van der Waals surface area contributed by atoms with Crippen molar-refractivity contribution in [3.05, 3.63) is 59.0 Å². The molecule has 1 aliphatic carbocycles. The maximum Gasteiger partial charge on any atom is 0.272 e. The molecule has 0 bridgehead atoms. The van der Waals surface area contributed by atoms with Crippen LogP contribution in [0, 0.1) is 11.3 Å². The topological polar surface area (TPSA) is 101 Å². The highest BCUT2D eigenvalue weighted by atomic mass is 35.5. The van der Waals surface area contributed by atoms with Crippen molar-refractivity contribution in [2.24, 2.45) is 0 Å². The van der Waals surface area contributed by atoms with Crippen molar-refractivity contribution in [3.63, 3.8) is 0 Å². The number of hydrogen-bond donors (Lipinski definition) is 1. The molecule has 29 heavy (non-hydrogen) atoms. The Morgan fingerprint density at radius 3 is 2.69 bits per heavy atom. The van der Waals surface area contributed by atoms with Crippen molar-refractivity contribution in [1.29, 1.82) is 5.26 Å². The number of nitriles is 1. The van der Waals surface area contributed by atoms with Gasteiger partial charge in [-0.2, -0.15) is 5.26 Å². The zero-order valence-corrected chi connectivity index (χ0v) is 16.3. The number of fused-ring (bicyclic) bond motifs is 1. The predicted octanol–water partition coefficient (Wildman–Crippen LogP) is 3.67. The highest BCUT2D eigenvalue weighted by molar-refractivity contribution is 6.29. The normalized spacial score (nSPS) is 18.8. The summed E-state index contributed by atoms with van der Waals surface area (Å²) in [5.74, 6) is 0.485. The van der Waals surface area contributed by atoms with Crippen LogP contribution in [0.5, 0.6) is 5.75 Å². The minimum Gasteiger partial charge on any atom is -0.490 e. The van der Waals surface area contributed by atoms with Gasteiger partial charge in [-0.3, -0.25) is 9.78 Å². The van der Waals surface area contributed by atoms with Crippen LogP contribution >= 0.6 is 11.6 Å². The van der Waals surface area contributed by atoms with E-state index in [1.54, 1.807) is 24.4 Å². The van der Waals surface area contributed by atoms with E-state index in [1.807, 2.05) is 18.2 Å². The maximum atomic E-state index is 12.3. The zero-order chi connectivity index (χ0) is 20.2. The van der Waals surface area contributed by atoms with E-state index in [4.69, 9.17) is 16.3 Å². The molecule has 1 amide bonds. The summed E-state index contributed by atoms with van der Waals surface area (Å²) in [4.78, 5) is 16.6. The number of ether oxygens (including phenoxy) is 1. The Morgan fingerprint density at radius 2 is 1.97 bits per heavy atom. The van der Waals surface area contributed by atoms with Crippen LogP contribution in [-0.4, -0.2) is 33.2 Å². The second-order valence-electron chi connectivity index (χ2n) is 6.93. The summed E-state index contributed by atoms with van der Waals surface area (Å²) in [6.45, 7) is 0.